The zero-order valence-corrected chi connectivity index (χ0v) is 14.6. The van der Waals surface area contributed by atoms with Crippen LogP contribution in [0.2, 0.25) is 0 Å². The molecule has 2 aromatic carbocycles. The van der Waals surface area contributed by atoms with Gasteiger partial charge in [0.25, 0.3) is 0 Å². The molecule has 1 aromatic heterocycles. The Labute approximate surface area is 151 Å². The molecule has 0 spiro atoms. The Morgan fingerprint density at radius 1 is 0.923 bits per heavy atom. The van der Waals surface area contributed by atoms with Crippen LogP contribution in [0, 0.1) is 0 Å². The van der Waals surface area contributed by atoms with E-state index in [0.29, 0.717) is 5.69 Å². The molecule has 132 valence electrons. The van der Waals surface area contributed by atoms with Crippen molar-refractivity contribution in [1.82, 2.24) is 9.71 Å². The number of pyridine rings is 1. The lowest BCUT2D eigenvalue weighted by Gasteiger charge is -2.19. The van der Waals surface area contributed by atoms with Crippen molar-refractivity contribution in [1.29, 1.82) is 0 Å². The molecule has 3 rings (SSSR count). The Kier molecular flexibility index (Phi) is 5.11. The lowest BCUT2D eigenvalue weighted by molar-refractivity contribution is 0.1000. The Morgan fingerprint density at radius 3 is 2.15 bits per heavy atom. The fourth-order valence-corrected chi connectivity index (χ4v) is 3.71. The summed E-state index contributed by atoms with van der Waals surface area (Å²) in [7, 11) is -3.84. The molecule has 1 unspecified atom stereocenters. The lowest BCUT2D eigenvalue weighted by Crippen LogP contribution is -2.30. The lowest BCUT2D eigenvalue weighted by atomic mass is 10.0. The molecule has 0 aliphatic carbocycles. The predicted molar refractivity (Wildman–Crippen MR) is 97.8 cm³/mol. The summed E-state index contributed by atoms with van der Waals surface area (Å²) in [6.45, 7) is 0. The van der Waals surface area contributed by atoms with Crippen LogP contribution in [0.15, 0.2) is 83.9 Å². The molecule has 7 heteroatoms. The molecule has 0 bridgehead atoms. The number of nitrogens with zero attached hydrogens (tertiary/aromatic N) is 1. The van der Waals surface area contributed by atoms with E-state index in [1.54, 1.807) is 24.4 Å². The zero-order valence-electron chi connectivity index (χ0n) is 13.7. The highest BCUT2D eigenvalue weighted by molar-refractivity contribution is 7.89. The minimum absolute atomic E-state index is 0.0411. The monoisotopic (exact) mass is 367 g/mol. The number of rotatable bonds is 6. The van der Waals surface area contributed by atoms with Crippen LogP contribution in [0.1, 0.15) is 27.7 Å². The number of sulfonamides is 1. The quantitative estimate of drug-likeness (QED) is 0.697. The van der Waals surface area contributed by atoms with Gasteiger partial charge in [0, 0.05) is 11.8 Å². The van der Waals surface area contributed by atoms with E-state index in [9.17, 15) is 13.2 Å². The second-order valence-electron chi connectivity index (χ2n) is 5.61. The molecule has 0 saturated carbocycles. The Balaban J connectivity index is 1.97. The molecule has 0 radical (unpaired) electrons. The average molecular weight is 367 g/mol. The van der Waals surface area contributed by atoms with Crippen LogP contribution in [0.5, 0.6) is 0 Å². The van der Waals surface area contributed by atoms with Crippen LogP contribution in [-0.2, 0) is 10.0 Å². The number of nitrogens with two attached hydrogens (primary N) is 1. The van der Waals surface area contributed by atoms with E-state index < -0.39 is 22.0 Å². The maximum atomic E-state index is 12.8. The van der Waals surface area contributed by atoms with Gasteiger partial charge in [-0.25, -0.2) is 8.42 Å². The summed E-state index contributed by atoms with van der Waals surface area (Å²) < 4.78 is 28.3. The summed E-state index contributed by atoms with van der Waals surface area (Å²) in [5.74, 6) is -0.613. The first kappa shape index (κ1) is 17.8. The highest BCUT2D eigenvalue weighted by atomic mass is 32.2. The van der Waals surface area contributed by atoms with Gasteiger partial charge in [0.15, 0.2) is 0 Å². The molecule has 0 aliphatic rings. The maximum absolute atomic E-state index is 12.8. The van der Waals surface area contributed by atoms with Gasteiger partial charge in [-0.15, -0.1) is 0 Å². The number of carbonyl (C=O) groups is 1. The van der Waals surface area contributed by atoms with Crippen molar-refractivity contribution >= 4 is 15.9 Å². The van der Waals surface area contributed by atoms with Crippen molar-refractivity contribution in [3.05, 3.63) is 95.8 Å². The molecule has 26 heavy (non-hydrogen) atoms. The molecular formula is C19H17N3O3S. The molecule has 1 atom stereocenters. The molecular weight excluding hydrogens is 350 g/mol. The molecule has 1 heterocycles. The van der Waals surface area contributed by atoms with Gasteiger partial charge in [-0.2, -0.15) is 4.72 Å². The summed E-state index contributed by atoms with van der Waals surface area (Å²) in [6, 6.07) is 19.3. The van der Waals surface area contributed by atoms with E-state index in [-0.39, 0.29) is 10.5 Å². The SMILES string of the molecule is NC(=O)c1ccc(S(=O)(=O)NC(c2ccccc2)c2ccccn2)cc1. The fourth-order valence-electron chi connectivity index (χ4n) is 2.51. The summed E-state index contributed by atoms with van der Waals surface area (Å²) >= 11 is 0. The summed E-state index contributed by atoms with van der Waals surface area (Å²) in [5, 5.41) is 0. The molecule has 6 nitrogen and oxygen atoms in total. The molecule has 3 aromatic rings. The van der Waals surface area contributed by atoms with Crippen LogP contribution in [0.3, 0.4) is 0 Å². The highest BCUT2D eigenvalue weighted by Crippen LogP contribution is 2.23. The van der Waals surface area contributed by atoms with Gasteiger partial charge in [-0.05, 0) is 42.0 Å². The molecule has 0 fully saturated rings. The topological polar surface area (TPSA) is 102 Å². The van der Waals surface area contributed by atoms with Crippen molar-refractivity contribution in [2.75, 3.05) is 0 Å². The first-order valence-electron chi connectivity index (χ1n) is 7.85. The van der Waals surface area contributed by atoms with Gasteiger partial charge >= 0.3 is 0 Å². The van der Waals surface area contributed by atoms with Crippen LogP contribution >= 0.6 is 0 Å². The molecule has 0 saturated heterocycles. The van der Waals surface area contributed by atoms with E-state index in [2.05, 4.69) is 9.71 Å². The summed E-state index contributed by atoms with van der Waals surface area (Å²) in [6.07, 6.45) is 1.61. The minimum Gasteiger partial charge on any atom is -0.366 e. The summed E-state index contributed by atoms with van der Waals surface area (Å²) in [5.41, 5.74) is 6.78. The van der Waals surface area contributed by atoms with Crippen molar-refractivity contribution < 1.29 is 13.2 Å². The average Bonchev–Trinajstić information content (AvgIpc) is 2.67. The summed E-state index contributed by atoms with van der Waals surface area (Å²) in [4.78, 5) is 15.5. The number of carbonyl (C=O) groups excluding carboxylic acids is 1. The molecule has 1 amide bonds. The van der Waals surface area contributed by atoms with E-state index in [1.165, 1.54) is 24.3 Å². The number of nitrogens with one attached hydrogen (secondary N) is 1. The minimum atomic E-state index is -3.84. The Hall–Kier alpha value is -3.03. The Morgan fingerprint density at radius 2 is 1.58 bits per heavy atom. The van der Waals surface area contributed by atoms with Gasteiger partial charge in [0.1, 0.15) is 0 Å². The van der Waals surface area contributed by atoms with Crippen LogP contribution in [0.4, 0.5) is 0 Å². The second-order valence-corrected chi connectivity index (χ2v) is 7.32. The third-order valence-electron chi connectivity index (χ3n) is 3.84. The van der Waals surface area contributed by atoms with Gasteiger partial charge in [-0.3, -0.25) is 9.78 Å². The highest BCUT2D eigenvalue weighted by Gasteiger charge is 2.23. The van der Waals surface area contributed by atoms with Gasteiger partial charge < -0.3 is 5.73 Å². The van der Waals surface area contributed by atoms with E-state index >= 15 is 0 Å². The number of hydrogen-bond donors (Lipinski definition) is 2. The first-order chi connectivity index (χ1) is 12.5. The number of benzene rings is 2. The predicted octanol–water partition coefficient (Wildman–Crippen LogP) is 2.25. The number of amides is 1. The van der Waals surface area contributed by atoms with Crippen molar-refractivity contribution in [3.63, 3.8) is 0 Å². The number of primary amides is 1. The van der Waals surface area contributed by atoms with Crippen LogP contribution < -0.4 is 10.5 Å². The Bertz CT molecular complexity index is 950. The standard InChI is InChI=1S/C19H17N3O3S/c20-19(23)15-9-11-16(12-10-15)26(24,25)22-18(14-6-2-1-3-7-14)17-8-4-5-13-21-17/h1-13,18,22H,(H2,20,23). The maximum Gasteiger partial charge on any atom is 0.248 e. The molecule has 3 N–H and O–H groups in total. The van der Waals surface area contributed by atoms with Crippen LogP contribution in [0.25, 0.3) is 0 Å². The van der Waals surface area contributed by atoms with Gasteiger partial charge in [0.2, 0.25) is 15.9 Å². The molecule has 0 aliphatic heterocycles. The van der Waals surface area contributed by atoms with Crippen LogP contribution in [-0.4, -0.2) is 19.3 Å². The second kappa shape index (κ2) is 7.47. The van der Waals surface area contributed by atoms with Gasteiger partial charge in [-0.1, -0.05) is 36.4 Å². The first-order valence-corrected chi connectivity index (χ1v) is 9.34. The third kappa shape index (κ3) is 3.96. The van der Waals surface area contributed by atoms with Crippen molar-refractivity contribution in [3.8, 4) is 0 Å². The van der Waals surface area contributed by atoms with E-state index in [1.807, 2.05) is 30.3 Å². The zero-order chi connectivity index (χ0) is 18.6. The number of aromatic nitrogens is 1. The third-order valence-corrected chi connectivity index (χ3v) is 5.28. The normalized spacial score (nSPS) is 12.5. The number of hydrogen-bond acceptors (Lipinski definition) is 4. The fraction of sp³-hybridized carbons (Fsp3) is 0.0526. The van der Waals surface area contributed by atoms with Crippen molar-refractivity contribution in [2.45, 2.75) is 10.9 Å². The smallest absolute Gasteiger partial charge is 0.248 e. The largest absolute Gasteiger partial charge is 0.366 e. The van der Waals surface area contributed by atoms with E-state index in [4.69, 9.17) is 5.73 Å². The van der Waals surface area contributed by atoms with E-state index in [0.717, 1.165) is 5.56 Å². The van der Waals surface area contributed by atoms with Gasteiger partial charge in [0.05, 0.1) is 16.6 Å². The van der Waals surface area contributed by atoms with Crippen molar-refractivity contribution in [2.24, 2.45) is 5.73 Å².